The topological polar surface area (TPSA) is 84.5 Å². The predicted octanol–water partition coefficient (Wildman–Crippen LogP) is 4.42. The average Bonchev–Trinajstić information content (AvgIpc) is 2.77. The van der Waals surface area contributed by atoms with E-state index in [0.29, 0.717) is 29.8 Å². The van der Waals surface area contributed by atoms with Gasteiger partial charge < -0.3 is 15.4 Å². The molecule has 0 atom stereocenters. The van der Waals surface area contributed by atoms with Crippen LogP contribution >= 0.6 is 0 Å². The quantitative estimate of drug-likeness (QED) is 0.409. The minimum absolute atomic E-state index is 0.0839. The second kappa shape index (κ2) is 10.9. The highest BCUT2D eigenvalue weighted by Gasteiger charge is 2.11. The Morgan fingerprint density at radius 3 is 2.47 bits per heavy atom. The van der Waals surface area contributed by atoms with E-state index in [1.54, 1.807) is 18.2 Å². The lowest BCUT2D eigenvalue weighted by molar-refractivity contribution is -0.131. The van der Waals surface area contributed by atoms with Crippen LogP contribution in [0.5, 0.6) is 5.75 Å². The first-order chi connectivity index (χ1) is 15.4. The number of para-hydroxylation sites is 1. The Morgan fingerprint density at radius 2 is 1.69 bits per heavy atom. The molecule has 0 aromatic heterocycles. The summed E-state index contributed by atoms with van der Waals surface area (Å²) < 4.78 is 5.03. The second-order valence-corrected chi connectivity index (χ2v) is 7.50. The molecule has 0 unspecified atom stereocenters. The van der Waals surface area contributed by atoms with Gasteiger partial charge in [0.25, 0.3) is 5.91 Å². The Hall–Kier alpha value is -3.93. The number of esters is 1. The van der Waals surface area contributed by atoms with Crippen LogP contribution in [0.15, 0.2) is 72.8 Å². The first kappa shape index (κ1) is 22.7. The van der Waals surface area contributed by atoms with Gasteiger partial charge in [-0.3, -0.25) is 14.4 Å². The van der Waals surface area contributed by atoms with Gasteiger partial charge in [-0.05, 0) is 48.7 Å². The van der Waals surface area contributed by atoms with Crippen molar-refractivity contribution < 1.29 is 19.1 Å². The smallest absolute Gasteiger partial charge is 0.308 e. The Morgan fingerprint density at radius 1 is 0.906 bits per heavy atom. The summed E-state index contributed by atoms with van der Waals surface area (Å²) >= 11 is 0. The van der Waals surface area contributed by atoms with Crippen molar-refractivity contribution >= 4 is 23.5 Å². The fourth-order valence-electron chi connectivity index (χ4n) is 3.28. The molecule has 164 valence electrons. The zero-order valence-electron chi connectivity index (χ0n) is 18.2. The summed E-state index contributed by atoms with van der Waals surface area (Å²) in [6.45, 7) is 3.57. The molecule has 2 amide bonds. The third-order valence-electron chi connectivity index (χ3n) is 4.81. The number of hydrogen-bond donors (Lipinski definition) is 2. The molecule has 0 fully saturated rings. The van der Waals surface area contributed by atoms with E-state index in [9.17, 15) is 14.4 Å². The number of nitrogens with one attached hydrogen (secondary N) is 2. The van der Waals surface area contributed by atoms with E-state index in [1.165, 1.54) is 18.6 Å². The van der Waals surface area contributed by atoms with Crippen molar-refractivity contribution in [1.29, 1.82) is 0 Å². The third kappa shape index (κ3) is 6.80. The Kier molecular flexibility index (Phi) is 7.75. The number of amides is 2. The van der Waals surface area contributed by atoms with Gasteiger partial charge in [0, 0.05) is 31.1 Å². The van der Waals surface area contributed by atoms with Gasteiger partial charge in [0.15, 0.2) is 0 Å². The van der Waals surface area contributed by atoms with Crippen LogP contribution in [0.1, 0.15) is 40.4 Å². The summed E-state index contributed by atoms with van der Waals surface area (Å²) in [5.74, 6) is -0.528. The number of benzene rings is 3. The molecule has 3 rings (SSSR count). The maximum absolute atomic E-state index is 12.5. The lowest BCUT2D eigenvalue weighted by atomic mass is 10.1. The van der Waals surface area contributed by atoms with Gasteiger partial charge in [0.05, 0.1) is 0 Å². The molecule has 0 aliphatic heterocycles. The zero-order valence-corrected chi connectivity index (χ0v) is 18.2. The number of hydrogen-bond acceptors (Lipinski definition) is 4. The van der Waals surface area contributed by atoms with E-state index >= 15 is 0 Å². The highest BCUT2D eigenvalue weighted by molar-refractivity contribution is 5.95. The molecule has 3 aromatic rings. The summed E-state index contributed by atoms with van der Waals surface area (Å²) in [6, 6.07) is 21.9. The highest BCUT2D eigenvalue weighted by atomic mass is 16.5. The molecule has 0 saturated heterocycles. The molecule has 0 spiro atoms. The molecule has 6 heteroatoms. The lowest BCUT2D eigenvalue weighted by Crippen LogP contribution is -2.24. The SMILES string of the molecule is CC(=O)Oc1cccc(C(=O)NCc2ccccc2NC(=O)CCc2cccc(C)c2)c1. The van der Waals surface area contributed by atoms with Crippen LogP contribution < -0.4 is 15.4 Å². The first-order valence-corrected chi connectivity index (χ1v) is 10.4. The minimum Gasteiger partial charge on any atom is -0.427 e. The molecule has 0 bridgehead atoms. The number of aryl methyl sites for hydroxylation is 2. The Balaban J connectivity index is 1.58. The van der Waals surface area contributed by atoms with Gasteiger partial charge >= 0.3 is 5.97 Å². The summed E-state index contributed by atoms with van der Waals surface area (Å²) in [5, 5.41) is 5.78. The van der Waals surface area contributed by atoms with E-state index < -0.39 is 5.97 Å². The van der Waals surface area contributed by atoms with Gasteiger partial charge in [0.1, 0.15) is 5.75 Å². The van der Waals surface area contributed by atoms with Crippen molar-refractivity contribution in [2.75, 3.05) is 5.32 Å². The maximum atomic E-state index is 12.5. The van der Waals surface area contributed by atoms with Gasteiger partial charge in [-0.25, -0.2) is 0 Å². The first-order valence-electron chi connectivity index (χ1n) is 10.4. The van der Waals surface area contributed by atoms with Gasteiger partial charge in [-0.2, -0.15) is 0 Å². The van der Waals surface area contributed by atoms with Crippen LogP contribution in [-0.4, -0.2) is 17.8 Å². The van der Waals surface area contributed by atoms with E-state index in [-0.39, 0.29) is 18.4 Å². The molecule has 0 saturated carbocycles. The molecular formula is C26H26N2O4. The summed E-state index contributed by atoms with van der Waals surface area (Å²) in [5.41, 5.74) is 4.12. The van der Waals surface area contributed by atoms with Crippen molar-refractivity contribution in [2.24, 2.45) is 0 Å². The van der Waals surface area contributed by atoms with Crippen molar-refractivity contribution in [3.05, 3.63) is 95.1 Å². The predicted molar refractivity (Wildman–Crippen MR) is 123 cm³/mol. The summed E-state index contributed by atoms with van der Waals surface area (Å²) in [6.07, 6.45) is 1.03. The molecule has 3 aromatic carbocycles. The van der Waals surface area contributed by atoms with Crippen molar-refractivity contribution in [3.63, 3.8) is 0 Å². The maximum Gasteiger partial charge on any atom is 0.308 e. The summed E-state index contributed by atoms with van der Waals surface area (Å²) in [4.78, 5) is 36.1. The molecule has 0 radical (unpaired) electrons. The lowest BCUT2D eigenvalue weighted by Gasteiger charge is -2.12. The Bertz CT molecular complexity index is 1120. The van der Waals surface area contributed by atoms with Gasteiger partial charge in [-0.1, -0.05) is 54.1 Å². The number of carbonyl (C=O) groups excluding carboxylic acids is 3. The van der Waals surface area contributed by atoms with Gasteiger partial charge in [-0.15, -0.1) is 0 Å². The second-order valence-electron chi connectivity index (χ2n) is 7.50. The van der Waals surface area contributed by atoms with Crippen LogP contribution in [0, 0.1) is 6.92 Å². The average molecular weight is 431 g/mol. The molecule has 0 heterocycles. The van der Waals surface area contributed by atoms with Gasteiger partial charge in [0.2, 0.25) is 5.91 Å². The normalized spacial score (nSPS) is 10.3. The number of anilines is 1. The molecule has 6 nitrogen and oxygen atoms in total. The number of rotatable bonds is 8. The Labute approximate surface area is 187 Å². The van der Waals surface area contributed by atoms with E-state index in [1.807, 2.05) is 49.4 Å². The highest BCUT2D eigenvalue weighted by Crippen LogP contribution is 2.17. The molecular weight excluding hydrogens is 404 g/mol. The van der Waals surface area contributed by atoms with Crippen molar-refractivity contribution in [3.8, 4) is 5.75 Å². The molecule has 0 aliphatic carbocycles. The standard InChI is InChI=1S/C26H26N2O4/c1-18-7-5-8-20(15-18)13-14-25(30)28-24-12-4-3-9-22(24)17-27-26(31)21-10-6-11-23(16-21)32-19(2)29/h3-12,15-16H,13-14,17H2,1-2H3,(H,27,31)(H,28,30). The van der Waals surface area contributed by atoms with Crippen LogP contribution in [-0.2, 0) is 22.6 Å². The van der Waals surface area contributed by atoms with Crippen LogP contribution in [0.4, 0.5) is 5.69 Å². The van der Waals surface area contributed by atoms with Crippen molar-refractivity contribution in [1.82, 2.24) is 5.32 Å². The zero-order chi connectivity index (χ0) is 22.9. The molecule has 2 N–H and O–H groups in total. The van der Waals surface area contributed by atoms with E-state index in [4.69, 9.17) is 4.74 Å². The third-order valence-corrected chi connectivity index (χ3v) is 4.81. The summed E-state index contributed by atoms with van der Waals surface area (Å²) in [7, 11) is 0. The monoisotopic (exact) mass is 430 g/mol. The van der Waals surface area contributed by atoms with Crippen LogP contribution in [0.2, 0.25) is 0 Å². The fourth-order valence-corrected chi connectivity index (χ4v) is 3.28. The molecule has 0 aliphatic rings. The number of ether oxygens (including phenoxy) is 1. The minimum atomic E-state index is -0.449. The van der Waals surface area contributed by atoms with Crippen molar-refractivity contribution in [2.45, 2.75) is 33.2 Å². The van der Waals surface area contributed by atoms with E-state index in [0.717, 1.165) is 11.1 Å². The van der Waals surface area contributed by atoms with E-state index in [2.05, 4.69) is 16.7 Å². The van der Waals surface area contributed by atoms with Crippen LogP contribution in [0.25, 0.3) is 0 Å². The number of carbonyl (C=O) groups is 3. The largest absolute Gasteiger partial charge is 0.427 e. The fraction of sp³-hybridized carbons (Fsp3) is 0.192. The molecule has 32 heavy (non-hydrogen) atoms. The van der Waals surface area contributed by atoms with Crippen LogP contribution in [0.3, 0.4) is 0 Å².